The van der Waals surface area contributed by atoms with Crippen molar-refractivity contribution < 1.29 is 28.7 Å². The third-order valence-electron chi connectivity index (χ3n) is 2.68. The van der Waals surface area contributed by atoms with Gasteiger partial charge in [0.15, 0.2) is 11.8 Å². The molecule has 0 saturated carbocycles. The predicted octanol–water partition coefficient (Wildman–Crippen LogP) is 0.119. The molecule has 24 heavy (non-hydrogen) atoms. The Morgan fingerprint density at radius 3 is 1.25 bits per heavy atom. The van der Waals surface area contributed by atoms with Crippen LogP contribution in [0.4, 0.5) is 0 Å². The number of hydrogen-bond donors (Lipinski definition) is 4. The summed E-state index contributed by atoms with van der Waals surface area (Å²) in [6.45, 7) is 0. The topological polar surface area (TPSA) is 186 Å². The molecule has 0 radical (unpaired) electrons. The molecule has 0 aliphatic carbocycles. The maximum Gasteiger partial charge on any atom is 0.312 e. The van der Waals surface area contributed by atoms with Gasteiger partial charge in [-0.1, -0.05) is 0 Å². The molecule has 10 heteroatoms. The number of carbonyl (C=O) groups excluding carboxylic acids is 4. The fraction of sp³-hybridized carbons (Fsp3) is 0.571. The molecule has 0 saturated heterocycles. The predicted molar refractivity (Wildman–Crippen MR) is 83.0 cm³/mol. The number of carbonyl (C=O) groups is 4. The molecule has 0 aromatic heterocycles. The highest BCUT2D eigenvalue weighted by molar-refractivity contribution is 5.90. The highest BCUT2D eigenvalue weighted by Crippen LogP contribution is 2.05. The number of unbranched alkanes of at least 4 members (excludes halogenated alkanes) is 1. The number of primary amides is 2. The first-order chi connectivity index (χ1) is 11.2. The summed E-state index contributed by atoms with van der Waals surface area (Å²) in [4.78, 5) is 43.8. The van der Waals surface area contributed by atoms with E-state index in [0.717, 1.165) is 0 Å². The molecule has 0 aliphatic rings. The van der Waals surface area contributed by atoms with Crippen molar-refractivity contribution in [3.63, 3.8) is 0 Å². The van der Waals surface area contributed by atoms with Gasteiger partial charge in [-0.15, -0.1) is 0 Å². The molecule has 6 N–H and O–H groups in total. The standard InChI is InChI=1S/C14H22N4O6/c15-9(19)5-7-11(17)23-13(21)3-1-2-4-14(22)24-12(18)8-6-10(16)20/h17-18H,1-8H2,(H2,15,19)(H2,16,20). The molecule has 0 fully saturated rings. The second kappa shape index (κ2) is 11.7. The fourth-order valence-corrected chi connectivity index (χ4v) is 1.49. The molecule has 0 bridgehead atoms. The van der Waals surface area contributed by atoms with Crippen molar-refractivity contribution in [2.75, 3.05) is 0 Å². The lowest BCUT2D eigenvalue weighted by molar-refractivity contribution is -0.138. The molecular weight excluding hydrogens is 320 g/mol. The van der Waals surface area contributed by atoms with Gasteiger partial charge in [-0.3, -0.25) is 30.0 Å². The lowest BCUT2D eigenvalue weighted by Gasteiger charge is -2.06. The van der Waals surface area contributed by atoms with E-state index in [1.165, 1.54) is 0 Å². The van der Waals surface area contributed by atoms with Crippen molar-refractivity contribution in [2.45, 2.75) is 51.4 Å². The Morgan fingerprint density at radius 1 is 0.625 bits per heavy atom. The van der Waals surface area contributed by atoms with Crippen LogP contribution in [0.3, 0.4) is 0 Å². The molecule has 2 amide bonds. The zero-order valence-corrected chi connectivity index (χ0v) is 13.3. The summed E-state index contributed by atoms with van der Waals surface area (Å²) < 4.78 is 9.34. The van der Waals surface area contributed by atoms with Gasteiger partial charge in [0.25, 0.3) is 0 Å². The van der Waals surface area contributed by atoms with Gasteiger partial charge in [0, 0.05) is 38.5 Å². The molecule has 134 valence electrons. The van der Waals surface area contributed by atoms with Crippen LogP contribution in [0.25, 0.3) is 0 Å². The van der Waals surface area contributed by atoms with Crippen LogP contribution in [-0.4, -0.2) is 35.5 Å². The lowest BCUT2D eigenvalue weighted by atomic mass is 10.2. The van der Waals surface area contributed by atoms with Crippen molar-refractivity contribution in [3.05, 3.63) is 0 Å². The van der Waals surface area contributed by atoms with Crippen molar-refractivity contribution in [3.8, 4) is 0 Å². The number of nitrogens with two attached hydrogens (primary N) is 2. The van der Waals surface area contributed by atoms with Gasteiger partial charge in [0.2, 0.25) is 11.8 Å². The average Bonchev–Trinajstić information content (AvgIpc) is 2.47. The number of ether oxygens (including phenoxy) is 2. The first-order valence-corrected chi connectivity index (χ1v) is 7.33. The number of amides is 2. The third-order valence-corrected chi connectivity index (χ3v) is 2.68. The smallest absolute Gasteiger partial charge is 0.312 e. The summed E-state index contributed by atoms with van der Waals surface area (Å²) in [5.74, 6) is -3.10. The van der Waals surface area contributed by atoms with Crippen LogP contribution in [0.1, 0.15) is 51.4 Å². The number of nitrogens with one attached hydrogen (secondary N) is 2. The highest BCUT2D eigenvalue weighted by Gasteiger charge is 2.11. The molecule has 0 atom stereocenters. The van der Waals surface area contributed by atoms with Gasteiger partial charge >= 0.3 is 11.9 Å². The van der Waals surface area contributed by atoms with Crippen LogP contribution in [0.15, 0.2) is 0 Å². The summed E-state index contributed by atoms with van der Waals surface area (Å²) in [6.07, 6.45) is 0.467. The van der Waals surface area contributed by atoms with Crippen LogP contribution < -0.4 is 11.5 Å². The Morgan fingerprint density at radius 2 is 0.958 bits per heavy atom. The zero-order valence-electron chi connectivity index (χ0n) is 13.3. The Bertz CT molecular complexity index is 471. The normalized spacial score (nSPS) is 9.83. The van der Waals surface area contributed by atoms with Crippen LogP contribution >= 0.6 is 0 Å². The maximum atomic E-state index is 11.4. The number of rotatable bonds is 11. The fourth-order valence-electron chi connectivity index (χ4n) is 1.49. The number of esters is 2. The average molecular weight is 342 g/mol. The SMILES string of the molecule is N=C(CCC(N)=O)OC(=O)CCCCC(=O)OC(=N)CCC(N)=O. The van der Waals surface area contributed by atoms with Crippen LogP contribution in [0.5, 0.6) is 0 Å². The Kier molecular flexibility index (Phi) is 10.4. The van der Waals surface area contributed by atoms with Gasteiger partial charge in [-0.25, -0.2) is 0 Å². The van der Waals surface area contributed by atoms with E-state index in [0.29, 0.717) is 12.8 Å². The minimum Gasteiger partial charge on any atom is -0.412 e. The van der Waals surface area contributed by atoms with E-state index in [4.69, 9.17) is 22.3 Å². The van der Waals surface area contributed by atoms with Crippen LogP contribution in [-0.2, 0) is 28.7 Å². The minimum atomic E-state index is -0.632. The molecule has 0 spiro atoms. The Hall–Kier alpha value is -2.78. The van der Waals surface area contributed by atoms with E-state index in [1.807, 2.05) is 0 Å². The Labute approximate surface area is 138 Å². The molecule has 0 unspecified atom stereocenters. The van der Waals surface area contributed by atoms with E-state index in [-0.39, 0.29) is 50.3 Å². The molecule has 0 aromatic carbocycles. The first kappa shape index (κ1) is 21.2. The van der Waals surface area contributed by atoms with Gasteiger partial charge in [0.05, 0.1) is 0 Å². The zero-order chi connectivity index (χ0) is 18.5. The third kappa shape index (κ3) is 12.9. The highest BCUT2D eigenvalue weighted by atomic mass is 16.5. The molecule has 10 nitrogen and oxygen atoms in total. The van der Waals surface area contributed by atoms with E-state index in [2.05, 4.69) is 9.47 Å². The maximum absolute atomic E-state index is 11.4. The summed E-state index contributed by atoms with van der Waals surface area (Å²) in [6, 6.07) is 0. The summed E-state index contributed by atoms with van der Waals surface area (Å²) >= 11 is 0. The second-order valence-electron chi connectivity index (χ2n) is 4.93. The largest absolute Gasteiger partial charge is 0.412 e. The van der Waals surface area contributed by atoms with Crippen molar-refractivity contribution >= 4 is 35.5 Å². The van der Waals surface area contributed by atoms with Crippen molar-refractivity contribution in [2.24, 2.45) is 11.5 Å². The van der Waals surface area contributed by atoms with Crippen molar-refractivity contribution in [1.29, 1.82) is 10.8 Å². The molecule has 0 aliphatic heterocycles. The summed E-state index contributed by atoms with van der Waals surface area (Å²) in [5.41, 5.74) is 9.82. The van der Waals surface area contributed by atoms with Crippen LogP contribution in [0, 0.1) is 10.8 Å². The molecular formula is C14H22N4O6. The Balaban J connectivity index is 3.76. The van der Waals surface area contributed by atoms with E-state index < -0.39 is 23.8 Å². The second-order valence-corrected chi connectivity index (χ2v) is 4.93. The molecule has 0 heterocycles. The molecule has 0 rings (SSSR count). The van der Waals surface area contributed by atoms with Crippen LogP contribution in [0.2, 0.25) is 0 Å². The summed E-state index contributed by atoms with van der Waals surface area (Å²) in [7, 11) is 0. The van der Waals surface area contributed by atoms with Gasteiger partial charge in [-0.05, 0) is 12.8 Å². The monoisotopic (exact) mass is 342 g/mol. The molecule has 0 aromatic rings. The number of hydrogen-bond acceptors (Lipinski definition) is 8. The summed E-state index contributed by atoms with van der Waals surface area (Å²) in [5, 5.41) is 14.7. The van der Waals surface area contributed by atoms with Gasteiger partial charge in [-0.2, -0.15) is 0 Å². The first-order valence-electron chi connectivity index (χ1n) is 7.33. The quantitative estimate of drug-likeness (QED) is 0.178. The van der Waals surface area contributed by atoms with Gasteiger partial charge in [0.1, 0.15) is 0 Å². The van der Waals surface area contributed by atoms with E-state index in [1.54, 1.807) is 0 Å². The van der Waals surface area contributed by atoms with E-state index >= 15 is 0 Å². The lowest BCUT2D eigenvalue weighted by Crippen LogP contribution is -2.17. The van der Waals surface area contributed by atoms with Crippen molar-refractivity contribution in [1.82, 2.24) is 0 Å². The van der Waals surface area contributed by atoms with Gasteiger partial charge < -0.3 is 20.9 Å². The van der Waals surface area contributed by atoms with E-state index in [9.17, 15) is 19.2 Å². The minimum absolute atomic E-state index is 0.00531.